The summed E-state index contributed by atoms with van der Waals surface area (Å²) in [4.78, 5) is 22.6. The Kier molecular flexibility index (Phi) is 5.11. The molecule has 0 atom stereocenters. The molecule has 1 rings (SSSR count). The van der Waals surface area contributed by atoms with Crippen molar-refractivity contribution in [3.8, 4) is 0 Å². The van der Waals surface area contributed by atoms with E-state index >= 15 is 0 Å². The van der Waals surface area contributed by atoms with Crippen LogP contribution in [0, 0.1) is 0 Å². The lowest BCUT2D eigenvalue weighted by molar-refractivity contribution is -0.151. The molecule has 0 heterocycles. The van der Waals surface area contributed by atoms with E-state index in [-0.39, 0.29) is 11.1 Å². The minimum absolute atomic E-state index is 0.0923. The van der Waals surface area contributed by atoms with Crippen LogP contribution in [0.1, 0.15) is 36.7 Å². The molecule has 116 valence electrons. The number of carboxylic acid groups (broad SMARTS) is 1. The van der Waals surface area contributed by atoms with Gasteiger partial charge in [0.05, 0.1) is 11.3 Å². The Hall–Kier alpha value is -1.89. The van der Waals surface area contributed by atoms with E-state index in [9.17, 15) is 18.0 Å². The lowest BCUT2D eigenvalue weighted by atomic mass is 10.1. The van der Waals surface area contributed by atoms with Gasteiger partial charge in [0.2, 0.25) is 0 Å². The zero-order valence-corrected chi connectivity index (χ0v) is 12.9. The second-order valence-corrected chi connectivity index (χ2v) is 7.65. The molecule has 21 heavy (non-hydrogen) atoms. The summed E-state index contributed by atoms with van der Waals surface area (Å²) in [6, 6.07) is 5.79. The van der Waals surface area contributed by atoms with Crippen LogP contribution >= 0.6 is 0 Å². The highest BCUT2D eigenvalue weighted by atomic mass is 32.2. The predicted octanol–water partition coefficient (Wildman–Crippen LogP) is 1.64. The van der Waals surface area contributed by atoms with Crippen LogP contribution in [0.4, 0.5) is 0 Å². The van der Waals surface area contributed by atoms with Crippen molar-refractivity contribution in [2.75, 3.05) is 5.75 Å². The van der Waals surface area contributed by atoms with Gasteiger partial charge in [0.1, 0.15) is 11.4 Å². The molecule has 0 fully saturated rings. The van der Waals surface area contributed by atoms with Crippen molar-refractivity contribution >= 4 is 21.8 Å². The molecule has 0 aliphatic rings. The number of carboxylic acids is 1. The van der Waals surface area contributed by atoms with Crippen LogP contribution in [-0.2, 0) is 25.1 Å². The minimum atomic E-state index is -3.80. The molecule has 1 aromatic carbocycles. The van der Waals surface area contributed by atoms with E-state index in [1.54, 1.807) is 26.8 Å². The molecule has 0 spiro atoms. The summed E-state index contributed by atoms with van der Waals surface area (Å²) in [7, 11) is -3.80. The molecular weight excluding hydrogens is 296 g/mol. The first-order chi connectivity index (χ1) is 9.50. The molecule has 0 saturated carbocycles. The fourth-order valence-corrected chi connectivity index (χ4v) is 2.94. The van der Waals surface area contributed by atoms with E-state index in [1.165, 1.54) is 18.2 Å². The largest absolute Gasteiger partial charge is 0.478 e. The number of esters is 1. The van der Waals surface area contributed by atoms with E-state index in [2.05, 4.69) is 0 Å². The first-order valence-electron chi connectivity index (χ1n) is 6.24. The summed E-state index contributed by atoms with van der Waals surface area (Å²) < 4.78 is 28.9. The van der Waals surface area contributed by atoms with E-state index < -0.39 is 38.9 Å². The summed E-state index contributed by atoms with van der Waals surface area (Å²) in [6.07, 6.45) is 0. The zero-order valence-electron chi connectivity index (χ0n) is 12.1. The van der Waals surface area contributed by atoms with Crippen molar-refractivity contribution in [1.29, 1.82) is 0 Å². The first kappa shape index (κ1) is 17.2. The lowest BCUT2D eigenvalue weighted by Crippen LogP contribution is -2.29. The second-order valence-electron chi connectivity index (χ2n) is 5.58. The molecule has 0 amide bonds. The number of ether oxygens (including phenoxy) is 1. The number of carbonyl (C=O) groups is 2. The van der Waals surface area contributed by atoms with Crippen LogP contribution in [0.3, 0.4) is 0 Å². The zero-order chi connectivity index (χ0) is 16.3. The summed E-state index contributed by atoms with van der Waals surface area (Å²) in [5.74, 6) is -3.36. The summed E-state index contributed by atoms with van der Waals surface area (Å²) in [5.41, 5.74) is -0.718. The number of hydrogen-bond acceptors (Lipinski definition) is 5. The quantitative estimate of drug-likeness (QED) is 0.830. The van der Waals surface area contributed by atoms with Crippen molar-refractivity contribution in [3.63, 3.8) is 0 Å². The SMILES string of the molecule is CC(C)(C)OC(=O)CS(=O)(=O)Cc1ccccc1C(=O)O. The molecule has 0 unspecified atom stereocenters. The minimum Gasteiger partial charge on any atom is -0.478 e. The van der Waals surface area contributed by atoms with Crippen LogP contribution in [0.15, 0.2) is 24.3 Å². The molecule has 1 N–H and O–H groups in total. The maximum atomic E-state index is 12.0. The number of sulfone groups is 1. The van der Waals surface area contributed by atoms with E-state index in [0.717, 1.165) is 0 Å². The van der Waals surface area contributed by atoms with Gasteiger partial charge in [-0.25, -0.2) is 13.2 Å². The van der Waals surface area contributed by atoms with Crippen molar-refractivity contribution in [3.05, 3.63) is 35.4 Å². The molecule has 0 radical (unpaired) electrons. The number of benzene rings is 1. The van der Waals surface area contributed by atoms with Crippen molar-refractivity contribution in [2.24, 2.45) is 0 Å². The molecular formula is C14H18O6S. The highest BCUT2D eigenvalue weighted by molar-refractivity contribution is 7.91. The number of carbonyl (C=O) groups excluding carboxylic acids is 1. The van der Waals surface area contributed by atoms with Gasteiger partial charge in [-0.2, -0.15) is 0 Å². The Morgan fingerprint density at radius 2 is 1.76 bits per heavy atom. The van der Waals surface area contributed by atoms with E-state index in [1.807, 2.05) is 0 Å². The van der Waals surface area contributed by atoms with Gasteiger partial charge in [-0.1, -0.05) is 18.2 Å². The van der Waals surface area contributed by atoms with Crippen molar-refractivity contribution in [2.45, 2.75) is 32.1 Å². The third-order valence-corrected chi connectivity index (χ3v) is 3.81. The first-order valence-corrected chi connectivity index (χ1v) is 8.06. The van der Waals surface area contributed by atoms with Crippen LogP contribution in [0.5, 0.6) is 0 Å². The average Bonchev–Trinajstić information content (AvgIpc) is 2.24. The normalized spacial score (nSPS) is 12.0. The van der Waals surface area contributed by atoms with Gasteiger partial charge in [0, 0.05) is 0 Å². The molecule has 7 heteroatoms. The van der Waals surface area contributed by atoms with Crippen LogP contribution in [-0.4, -0.2) is 36.8 Å². The predicted molar refractivity (Wildman–Crippen MR) is 76.7 cm³/mol. The maximum Gasteiger partial charge on any atom is 0.335 e. The number of rotatable bonds is 5. The van der Waals surface area contributed by atoms with E-state index in [0.29, 0.717) is 0 Å². The Balaban J connectivity index is 2.87. The highest BCUT2D eigenvalue weighted by Gasteiger charge is 2.24. The smallest absolute Gasteiger partial charge is 0.335 e. The van der Waals surface area contributed by atoms with Gasteiger partial charge in [-0.3, -0.25) is 4.79 Å². The fraction of sp³-hybridized carbons (Fsp3) is 0.429. The lowest BCUT2D eigenvalue weighted by Gasteiger charge is -2.19. The molecule has 0 saturated heterocycles. The van der Waals surface area contributed by atoms with Gasteiger partial charge >= 0.3 is 11.9 Å². The van der Waals surface area contributed by atoms with Crippen molar-refractivity contribution < 1.29 is 27.9 Å². The van der Waals surface area contributed by atoms with Crippen LogP contribution in [0.2, 0.25) is 0 Å². The van der Waals surface area contributed by atoms with Crippen LogP contribution < -0.4 is 0 Å². The molecule has 0 bridgehead atoms. The Morgan fingerprint density at radius 1 is 1.19 bits per heavy atom. The van der Waals surface area contributed by atoms with Gasteiger partial charge in [-0.05, 0) is 32.4 Å². The Morgan fingerprint density at radius 3 is 2.29 bits per heavy atom. The maximum absolute atomic E-state index is 12.0. The summed E-state index contributed by atoms with van der Waals surface area (Å²) >= 11 is 0. The summed E-state index contributed by atoms with van der Waals surface area (Å²) in [5, 5.41) is 9.01. The third-order valence-electron chi connectivity index (χ3n) is 2.38. The molecule has 0 aliphatic heterocycles. The number of aromatic carboxylic acids is 1. The van der Waals surface area contributed by atoms with E-state index in [4.69, 9.17) is 9.84 Å². The monoisotopic (exact) mass is 314 g/mol. The Labute approximate surface area is 123 Å². The van der Waals surface area contributed by atoms with Gasteiger partial charge in [0.15, 0.2) is 9.84 Å². The molecule has 0 aromatic heterocycles. The van der Waals surface area contributed by atoms with Gasteiger partial charge in [0.25, 0.3) is 0 Å². The molecule has 6 nitrogen and oxygen atoms in total. The van der Waals surface area contributed by atoms with Gasteiger partial charge in [-0.15, -0.1) is 0 Å². The summed E-state index contributed by atoms with van der Waals surface area (Å²) in [6.45, 7) is 4.91. The molecule has 0 aliphatic carbocycles. The highest BCUT2D eigenvalue weighted by Crippen LogP contribution is 2.14. The van der Waals surface area contributed by atoms with Crippen LogP contribution in [0.25, 0.3) is 0 Å². The molecule has 1 aromatic rings. The topological polar surface area (TPSA) is 97.7 Å². The van der Waals surface area contributed by atoms with Crippen molar-refractivity contribution in [1.82, 2.24) is 0 Å². The fourth-order valence-electron chi connectivity index (χ4n) is 1.69. The number of hydrogen-bond donors (Lipinski definition) is 1. The Bertz CT molecular complexity index is 640. The third kappa shape index (κ3) is 5.95. The standard InChI is InChI=1S/C14H18O6S/c1-14(2,3)20-12(15)9-21(18,19)8-10-6-4-5-7-11(10)13(16)17/h4-7H,8-9H2,1-3H3,(H,16,17). The van der Waals surface area contributed by atoms with Gasteiger partial charge < -0.3 is 9.84 Å². The second kappa shape index (κ2) is 6.26. The average molecular weight is 314 g/mol.